The van der Waals surface area contributed by atoms with E-state index in [1.54, 1.807) is 0 Å². The Hall–Kier alpha value is -1.48. The molecule has 0 spiro atoms. The highest BCUT2D eigenvalue weighted by atomic mass is 35.5. The van der Waals surface area contributed by atoms with Crippen LogP contribution in [0.25, 0.3) is 0 Å². The molecule has 1 fully saturated rings. The summed E-state index contributed by atoms with van der Waals surface area (Å²) in [5.74, 6) is -0.541. The van der Waals surface area contributed by atoms with Crippen LogP contribution in [0, 0.1) is 5.82 Å². The van der Waals surface area contributed by atoms with Crippen molar-refractivity contribution in [3.8, 4) is 0 Å². The number of benzene rings is 2. The highest BCUT2D eigenvalue weighted by Gasteiger charge is 2.44. The minimum absolute atomic E-state index is 0.0637. The van der Waals surface area contributed by atoms with Crippen molar-refractivity contribution in [3.05, 3.63) is 59.4 Å². The molecule has 0 bridgehead atoms. The first kappa shape index (κ1) is 17.3. The van der Waals surface area contributed by atoms with Crippen molar-refractivity contribution in [3.63, 3.8) is 0 Å². The Bertz CT molecular complexity index is 872. The van der Waals surface area contributed by atoms with Gasteiger partial charge >= 0.3 is 0 Å². The second-order valence-corrected chi connectivity index (χ2v) is 10.00. The first-order valence-electron chi connectivity index (χ1n) is 6.96. The lowest BCUT2D eigenvalue weighted by Crippen LogP contribution is -2.56. The van der Waals surface area contributed by atoms with Crippen molar-refractivity contribution in [2.24, 2.45) is 0 Å². The van der Waals surface area contributed by atoms with Gasteiger partial charge in [0.1, 0.15) is 5.82 Å². The number of nitrogens with zero attached hydrogens (tertiary/aromatic N) is 1. The van der Waals surface area contributed by atoms with Gasteiger partial charge in [0.25, 0.3) is 0 Å². The maximum Gasteiger partial charge on any atom is 0.243 e. The fraction of sp³-hybridized carbons (Fsp3) is 0.200. The molecule has 2 aromatic carbocycles. The molecule has 0 unspecified atom stereocenters. The topological polar surface area (TPSA) is 71.5 Å². The van der Waals surface area contributed by atoms with Crippen LogP contribution in [0.2, 0.25) is 5.02 Å². The van der Waals surface area contributed by atoms with E-state index in [0.717, 1.165) is 28.6 Å². The molecule has 0 N–H and O–H groups in total. The normalized spacial score (nSPS) is 16.8. The van der Waals surface area contributed by atoms with Gasteiger partial charge in [-0.25, -0.2) is 21.2 Å². The minimum Gasteiger partial charge on any atom is -0.223 e. The highest BCUT2D eigenvalue weighted by molar-refractivity contribution is 7.92. The molecule has 1 aliphatic heterocycles. The van der Waals surface area contributed by atoms with Crippen LogP contribution in [-0.2, 0) is 19.9 Å². The van der Waals surface area contributed by atoms with Crippen molar-refractivity contribution in [2.45, 2.75) is 15.0 Å². The molecule has 9 heteroatoms. The average Bonchev–Trinajstić information content (AvgIpc) is 2.46. The van der Waals surface area contributed by atoms with Gasteiger partial charge in [0.15, 0.2) is 9.84 Å². The fourth-order valence-electron chi connectivity index (χ4n) is 2.37. The van der Waals surface area contributed by atoms with Crippen LogP contribution >= 0.6 is 11.6 Å². The molecule has 1 aliphatic rings. The Labute approximate surface area is 144 Å². The molecule has 128 valence electrons. The number of halogens is 2. The second-order valence-electron chi connectivity index (χ2n) is 5.40. The first-order chi connectivity index (χ1) is 11.2. The Morgan fingerprint density at radius 2 is 1.38 bits per heavy atom. The molecule has 24 heavy (non-hydrogen) atoms. The lowest BCUT2D eigenvalue weighted by atomic mass is 10.3. The minimum atomic E-state index is -3.82. The van der Waals surface area contributed by atoms with Crippen molar-refractivity contribution >= 4 is 31.5 Å². The number of sulfone groups is 1. The van der Waals surface area contributed by atoms with Crippen LogP contribution in [0.1, 0.15) is 0 Å². The SMILES string of the molecule is O=S(=O)(c1ccc(Cl)cc1)C1CN(S(=O)(=O)c2ccc(F)cc2)C1. The number of hydrogen-bond donors (Lipinski definition) is 0. The van der Waals surface area contributed by atoms with Crippen LogP contribution in [0.4, 0.5) is 4.39 Å². The van der Waals surface area contributed by atoms with Gasteiger partial charge in [0.2, 0.25) is 10.0 Å². The second kappa shape index (κ2) is 6.11. The molecule has 0 aromatic heterocycles. The van der Waals surface area contributed by atoms with E-state index in [1.165, 1.54) is 24.3 Å². The summed E-state index contributed by atoms with van der Waals surface area (Å²) in [4.78, 5) is 0.0435. The summed E-state index contributed by atoms with van der Waals surface area (Å²) < 4.78 is 63.6. The lowest BCUT2D eigenvalue weighted by molar-refractivity contribution is 0.309. The summed E-state index contributed by atoms with van der Waals surface area (Å²) in [5, 5.41) is -0.392. The third kappa shape index (κ3) is 3.06. The zero-order chi connectivity index (χ0) is 17.5. The molecule has 1 heterocycles. The largest absolute Gasteiger partial charge is 0.243 e. The third-order valence-electron chi connectivity index (χ3n) is 3.85. The van der Waals surface area contributed by atoms with E-state index in [1.807, 2.05) is 0 Å². The molecule has 3 rings (SSSR count). The highest BCUT2D eigenvalue weighted by Crippen LogP contribution is 2.29. The summed E-state index contributed by atoms with van der Waals surface area (Å²) in [7, 11) is -7.45. The van der Waals surface area contributed by atoms with E-state index in [0.29, 0.717) is 5.02 Å². The molecular weight excluding hydrogens is 377 g/mol. The van der Waals surface area contributed by atoms with E-state index in [2.05, 4.69) is 0 Å². The van der Waals surface area contributed by atoms with Crippen LogP contribution in [0.15, 0.2) is 58.3 Å². The predicted molar refractivity (Wildman–Crippen MR) is 87.6 cm³/mol. The van der Waals surface area contributed by atoms with Gasteiger partial charge in [0, 0.05) is 18.1 Å². The molecule has 0 amide bonds. The van der Waals surface area contributed by atoms with Gasteiger partial charge in [-0.15, -0.1) is 0 Å². The Kier molecular flexibility index (Phi) is 4.41. The van der Waals surface area contributed by atoms with Crippen molar-refractivity contribution in [1.82, 2.24) is 4.31 Å². The molecule has 5 nitrogen and oxygen atoms in total. The van der Waals surface area contributed by atoms with Gasteiger partial charge in [0.05, 0.1) is 15.0 Å². The predicted octanol–water partition coefficient (Wildman–Crippen LogP) is 2.33. The van der Waals surface area contributed by atoms with Crippen LogP contribution in [0.5, 0.6) is 0 Å². The zero-order valence-corrected chi connectivity index (χ0v) is 14.7. The summed E-state index contributed by atoms with van der Waals surface area (Å²) >= 11 is 5.74. The maximum atomic E-state index is 12.9. The third-order valence-corrected chi connectivity index (χ3v) is 8.05. The van der Waals surface area contributed by atoms with Crippen LogP contribution in [-0.4, -0.2) is 39.5 Å². The quantitative estimate of drug-likeness (QED) is 0.804. The molecule has 0 radical (unpaired) electrons. The number of rotatable bonds is 4. The van der Waals surface area contributed by atoms with Crippen molar-refractivity contribution < 1.29 is 21.2 Å². The van der Waals surface area contributed by atoms with Gasteiger partial charge in [-0.05, 0) is 48.5 Å². The standard InChI is InChI=1S/C15H13ClFNO4S2/c16-11-1-5-13(6-2-11)23(19,20)15-9-18(10-15)24(21,22)14-7-3-12(17)4-8-14/h1-8,15H,9-10H2. The maximum absolute atomic E-state index is 12.9. The molecule has 0 saturated carbocycles. The summed E-state index contributed by atoms with van der Waals surface area (Å²) in [6, 6.07) is 10.2. The van der Waals surface area contributed by atoms with Crippen LogP contribution < -0.4 is 0 Å². The van der Waals surface area contributed by atoms with E-state index in [-0.39, 0.29) is 22.9 Å². The molecule has 0 atom stereocenters. The number of sulfonamides is 1. The van der Waals surface area contributed by atoms with Gasteiger partial charge < -0.3 is 0 Å². The molecule has 1 saturated heterocycles. The number of hydrogen-bond acceptors (Lipinski definition) is 4. The first-order valence-corrected chi connectivity index (χ1v) is 10.3. The lowest BCUT2D eigenvalue weighted by Gasteiger charge is -2.37. The molecule has 0 aliphatic carbocycles. The van der Waals surface area contributed by atoms with E-state index >= 15 is 0 Å². The van der Waals surface area contributed by atoms with E-state index < -0.39 is 30.9 Å². The van der Waals surface area contributed by atoms with Gasteiger partial charge in [-0.1, -0.05) is 11.6 Å². The average molecular weight is 390 g/mol. The van der Waals surface area contributed by atoms with Gasteiger partial charge in [-0.3, -0.25) is 0 Å². The van der Waals surface area contributed by atoms with Crippen LogP contribution in [0.3, 0.4) is 0 Å². The molecule has 2 aromatic rings. The monoisotopic (exact) mass is 389 g/mol. The molecular formula is C15H13ClFNO4S2. The fourth-order valence-corrected chi connectivity index (χ4v) is 5.86. The van der Waals surface area contributed by atoms with Gasteiger partial charge in [-0.2, -0.15) is 4.31 Å². The van der Waals surface area contributed by atoms with E-state index in [4.69, 9.17) is 11.6 Å². The summed E-state index contributed by atoms with van der Waals surface area (Å²) in [5.41, 5.74) is 0. The van der Waals surface area contributed by atoms with E-state index in [9.17, 15) is 21.2 Å². The summed E-state index contributed by atoms with van der Waals surface area (Å²) in [6.07, 6.45) is 0. The summed E-state index contributed by atoms with van der Waals surface area (Å²) in [6.45, 7) is -0.269. The zero-order valence-electron chi connectivity index (χ0n) is 12.3. The smallest absolute Gasteiger partial charge is 0.223 e. The Morgan fingerprint density at radius 1 is 0.875 bits per heavy atom. The van der Waals surface area contributed by atoms with Crippen molar-refractivity contribution in [2.75, 3.05) is 13.1 Å². The van der Waals surface area contributed by atoms with Crippen molar-refractivity contribution in [1.29, 1.82) is 0 Å². The Morgan fingerprint density at radius 3 is 1.92 bits per heavy atom. The Balaban J connectivity index is 1.77.